The third-order valence-electron chi connectivity index (χ3n) is 10.1. The van der Waals surface area contributed by atoms with E-state index in [9.17, 15) is 4.79 Å². The second kappa shape index (κ2) is 6.68. The second-order valence-corrected chi connectivity index (χ2v) is 10.9. The van der Waals surface area contributed by atoms with Crippen LogP contribution in [0.5, 0.6) is 0 Å². The number of aldehydes is 1. The molecule has 0 aliphatic heterocycles. The van der Waals surface area contributed by atoms with E-state index in [0.29, 0.717) is 10.8 Å². The zero-order chi connectivity index (χ0) is 17.7. The molecule has 0 aromatic rings. The molecule has 0 bridgehead atoms. The van der Waals surface area contributed by atoms with Gasteiger partial charge in [0.05, 0.1) is 0 Å². The molecule has 8 atom stereocenters. The van der Waals surface area contributed by atoms with Crippen LogP contribution in [0.1, 0.15) is 97.8 Å². The van der Waals surface area contributed by atoms with Crippen molar-refractivity contribution in [3.63, 3.8) is 0 Å². The Morgan fingerprint density at radius 2 is 1.72 bits per heavy atom. The Morgan fingerprint density at radius 1 is 0.920 bits per heavy atom. The summed E-state index contributed by atoms with van der Waals surface area (Å²) in [4.78, 5) is 10.8. The molecular formula is C24H40O. The molecule has 4 saturated carbocycles. The van der Waals surface area contributed by atoms with Crippen LogP contribution in [-0.2, 0) is 4.79 Å². The maximum absolute atomic E-state index is 10.8. The molecule has 0 aromatic carbocycles. The normalized spacial score (nSPS) is 50.4. The highest BCUT2D eigenvalue weighted by Gasteiger charge is 2.59. The zero-order valence-electron chi connectivity index (χ0n) is 16.9. The molecule has 25 heavy (non-hydrogen) atoms. The summed E-state index contributed by atoms with van der Waals surface area (Å²) in [7, 11) is 0. The highest BCUT2D eigenvalue weighted by atomic mass is 16.1. The maximum atomic E-state index is 10.8. The Hall–Kier alpha value is -0.330. The van der Waals surface area contributed by atoms with Crippen LogP contribution in [0, 0.1) is 46.3 Å². The first-order chi connectivity index (χ1) is 12.0. The monoisotopic (exact) mass is 344 g/mol. The summed E-state index contributed by atoms with van der Waals surface area (Å²) < 4.78 is 0. The number of rotatable bonds is 4. The zero-order valence-corrected chi connectivity index (χ0v) is 16.9. The molecule has 4 rings (SSSR count). The van der Waals surface area contributed by atoms with E-state index in [4.69, 9.17) is 0 Å². The van der Waals surface area contributed by atoms with Gasteiger partial charge in [-0.25, -0.2) is 0 Å². The Bertz CT molecular complexity index is 498. The molecule has 1 unspecified atom stereocenters. The molecule has 0 radical (unpaired) electrons. The van der Waals surface area contributed by atoms with Gasteiger partial charge in [-0.15, -0.1) is 0 Å². The van der Waals surface area contributed by atoms with E-state index in [0.717, 1.165) is 54.6 Å². The number of carbonyl (C=O) groups excluding carboxylic acids is 1. The van der Waals surface area contributed by atoms with Gasteiger partial charge in [-0.05, 0) is 104 Å². The van der Waals surface area contributed by atoms with Crippen LogP contribution in [-0.4, -0.2) is 6.29 Å². The van der Waals surface area contributed by atoms with Crippen LogP contribution in [0.2, 0.25) is 0 Å². The first-order valence-corrected chi connectivity index (χ1v) is 11.4. The molecule has 0 saturated heterocycles. The number of hydrogen-bond donors (Lipinski definition) is 0. The molecule has 0 aromatic heterocycles. The fraction of sp³-hybridized carbons (Fsp3) is 0.958. The van der Waals surface area contributed by atoms with Crippen molar-refractivity contribution >= 4 is 6.29 Å². The number of fused-ring (bicyclic) bond motifs is 5. The van der Waals surface area contributed by atoms with E-state index in [1.54, 1.807) is 0 Å². The molecule has 0 heterocycles. The lowest BCUT2D eigenvalue weighted by atomic mass is 9.44. The van der Waals surface area contributed by atoms with Gasteiger partial charge in [0.15, 0.2) is 0 Å². The Kier molecular flexibility index (Phi) is 4.82. The minimum Gasteiger partial charge on any atom is -0.303 e. The fourth-order valence-electron chi connectivity index (χ4n) is 8.80. The summed E-state index contributed by atoms with van der Waals surface area (Å²) in [5.41, 5.74) is 1.24. The van der Waals surface area contributed by atoms with Gasteiger partial charge in [0, 0.05) is 6.42 Å². The van der Waals surface area contributed by atoms with Crippen LogP contribution in [0.15, 0.2) is 0 Å². The molecule has 0 amide bonds. The largest absolute Gasteiger partial charge is 0.303 e. The minimum atomic E-state index is 0.571. The maximum Gasteiger partial charge on any atom is 0.120 e. The SMILES string of the molecule is C[C@H](CCC=O)[C@H]1CC[C@H]2[C@@H]3CCC4CCCC[C@]4(C)[C@H]3CC[C@]12C. The summed E-state index contributed by atoms with van der Waals surface area (Å²) in [6, 6.07) is 0. The van der Waals surface area contributed by atoms with Crippen molar-refractivity contribution in [3.05, 3.63) is 0 Å². The van der Waals surface area contributed by atoms with E-state index in [2.05, 4.69) is 20.8 Å². The van der Waals surface area contributed by atoms with E-state index in [1.807, 2.05) is 0 Å². The van der Waals surface area contributed by atoms with Crippen LogP contribution in [0.3, 0.4) is 0 Å². The highest BCUT2D eigenvalue weighted by molar-refractivity contribution is 5.49. The van der Waals surface area contributed by atoms with Crippen molar-refractivity contribution in [1.82, 2.24) is 0 Å². The molecule has 1 nitrogen and oxygen atoms in total. The minimum absolute atomic E-state index is 0.571. The first kappa shape index (κ1) is 18.1. The molecule has 1 heteroatoms. The summed E-state index contributed by atoms with van der Waals surface area (Å²) in [6.45, 7) is 7.78. The van der Waals surface area contributed by atoms with E-state index >= 15 is 0 Å². The first-order valence-electron chi connectivity index (χ1n) is 11.4. The van der Waals surface area contributed by atoms with Crippen molar-refractivity contribution < 1.29 is 4.79 Å². The summed E-state index contributed by atoms with van der Waals surface area (Å²) in [6.07, 6.45) is 18.0. The van der Waals surface area contributed by atoms with Gasteiger partial charge >= 0.3 is 0 Å². The molecule has 4 fully saturated rings. The van der Waals surface area contributed by atoms with Gasteiger partial charge < -0.3 is 4.79 Å². The predicted molar refractivity (Wildman–Crippen MR) is 104 cm³/mol. The smallest absolute Gasteiger partial charge is 0.120 e. The van der Waals surface area contributed by atoms with Crippen molar-refractivity contribution in [2.75, 3.05) is 0 Å². The van der Waals surface area contributed by atoms with Crippen molar-refractivity contribution in [1.29, 1.82) is 0 Å². The number of carbonyl (C=O) groups is 1. The lowest BCUT2D eigenvalue weighted by Gasteiger charge is -2.61. The summed E-state index contributed by atoms with van der Waals surface area (Å²) >= 11 is 0. The van der Waals surface area contributed by atoms with E-state index in [1.165, 1.54) is 64.2 Å². The van der Waals surface area contributed by atoms with Crippen molar-refractivity contribution in [3.8, 4) is 0 Å². The molecule has 0 spiro atoms. The predicted octanol–water partition coefficient (Wildman–Crippen LogP) is 6.65. The summed E-state index contributed by atoms with van der Waals surface area (Å²) in [5.74, 6) is 5.66. The topological polar surface area (TPSA) is 17.1 Å². The Morgan fingerprint density at radius 3 is 2.52 bits per heavy atom. The number of hydrogen-bond acceptors (Lipinski definition) is 1. The lowest BCUT2D eigenvalue weighted by Crippen LogP contribution is -2.53. The Balaban J connectivity index is 1.54. The quantitative estimate of drug-likeness (QED) is 0.522. The van der Waals surface area contributed by atoms with Crippen LogP contribution in [0.25, 0.3) is 0 Å². The second-order valence-electron chi connectivity index (χ2n) is 10.9. The lowest BCUT2D eigenvalue weighted by molar-refractivity contribution is -0.115. The van der Waals surface area contributed by atoms with Crippen LogP contribution < -0.4 is 0 Å². The third kappa shape index (κ3) is 2.74. The molecule has 142 valence electrons. The van der Waals surface area contributed by atoms with Crippen LogP contribution in [0.4, 0.5) is 0 Å². The van der Waals surface area contributed by atoms with Crippen molar-refractivity contribution in [2.24, 2.45) is 46.3 Å². The Labute approximate surface area is 155 Å². The molecule has 4 aliphatic rings. The standard InChI is InChI=1S/C24H40O/c1-17(7-6-16-25)20-11-12-21-19-10-9-18-8-4-5-14-23(18,2)22(19)13-15-24(20,21)3/h16-22H,4-15H2,1-3H3/t17-,18?,19+,20-,21+,22+,23+,24-/m1/s1. The fourth-order valence-corrected chi connectivity index (χ4v) is 8.80. The highest BCUT2D eigenvalue weighted by Crippen LogP contribution is 2.68. The van der Waals surface area contributed by atoms with Gasteiger partial charge in [0.1, 0.15) is 6.29 Å². The van der Waals surface area contributed by atoms with Crippen LogP contribution >= 0.6 is 0 Å². The van der Waals surface area contributed by atoms with Gasteiger partial charge in [-0.3, -0.25) is 0 Å². The van der Waals surface area contributed by atoms with Crippen molar-refractivity contribution in [2.45, 2.75) is 97.8 Å². The molecule has 4 aliphatic carbocycles. The molecule has 0 N–H and O–H groups in total. The van der Waals surface area contributed by atoms with Gasteiger partial charge in [-0.2, -0.15) is 0 Å². The third-order valence-corrected chi connectivity index (χ3v) is 10.1. The molecular weight excluding hydrogens is 304 g/mol. The van der Waals surface area contributed by atoms with E-state index < -0.39 is 0 Å². The van der Waals surface area contributed by atoms with Gasteiger partial charge in [0.25, 0.3) is 0 Å². The van der Waals surface area contributed by atoms with Gasteiger partial charge in [-0.1, -0.05) is 33.6 Å². The van der Waals surface area contributed by atoms with Gasteiger partial charge in [0.2, 0.25) is 0 Å². The summed E-state index contributed by atoms with van der Waals surface area (Å²) in [5, 5.41) is 0. The average Bonchev–Trinajstić information content (AvgIpc) is 2.96. The average molecular weight is 345 g/mol. The van der Waals surface area contributed by atoms with E-state index in [-0.39, 0.29) is 0 Å².